The summed E-state index contributed by atoms with van der Waals surface area (Å²) in [5.41, 5.74) is 0.767. The van der Waals surface area contributed by atoms with E-state index in [1.54, 1.807) is 0 Å². The maximum Gasteiger partial charge on any atom is 0.0701 e. The average molecular weight is 489 g/mol. The van der Waals surface area contributed by atoms with Crippen molar-refractivity contribution in [2.75, 3.05) is 65.9 Å². The van der Waals surface area contributed by atoms with E-state index in [9.17, 15) is 0 Å². The molecule has 2 N–H and O–H groups in total. The van der Waals surface area contributed by atoms with Gasteiger partial charge in [0.05, 0.1) is 39.6 Å². The van der Waals surface area contributed by atoms with Gasteiger partial charge in [0.2, 0.25) is 0 Å². The molecule has 0 aliphatic heterocycles. The van der Waals surface area contributed by atoms with Crippen LogP contribution in [0.25, 0.3) is 0 Å². The quantitative estimate of drug-likeness (QED) is 0.210. The first kappa shape index (κ1) is 33.8. The van der Waals surface area contributed by atoms with Gasteiger partial charge in [-0.2, -0.15) is 0 Å². The largest absolute Gasteiger partial charge is 0.381 e. The second-order valence-corrected chi connectivity index (χ2v) is 13.2. The van der Waals surface area contributed by atoms with Gasteiger partial charge in [-0.1, -0.05) is 41.5 Å². The molecule has 0 aliphatic carbocycles. The molecule has 0 heterocycles. The summed E-state index contributed by atoms with van der Waals surface area (Å²) in [4.78, 5) is 0. The molecule has 0 aliphatic rings. The van der Waals surface area contributed by atoms with Crippen LogP contribution in [-0.2, 0) is 18.9 Å². The Bertz CT molecular complexity index is 482. The standard InChI is InChI=1S/C28H60N2O4/c1-25(2,3)14-18-31-20-22-33-23-21-32-19-16-30-28(9,10)13-12-27(7,8)29-15-11-17-34-24-26(4,5)6/h29-30H,11-24H2,1-10H3. The van der Waals surface area contributed by atoms with Gasteiger partial charge in [0.1, 0.15) is 0 Å². The van der Waals surface area contributed by atoms with E-state index in [-0.39, 0.29) is 16.5 Å². The number of ether oxygens (including phenoxy) is 4. The minimum Gasteiger partial charge on any atom is -0.381 e. The highest BCUT2D eigenvalue weighted by Gasteiger charge is 2.23. The fourth-order valence-corrected chi connectivity index (χ4v) is 3.16. The van der Waals surface area contributed by atoms with E-state index in [4.69, 9.17) is 18.9 Å². The third-order valence-corrected chi connectivity index (χ3v) is 5.57. The highest BCUT2D eigenvalue weighted by Crippen LogP contribution is 2.19. The Hall–Kier alpha value is -0.240. The van der Waals surface area contributed by atoms with E-state index in [0.29, 0.717) is 38.4 Å². The van der Waals surface area contributed by atoms with E-state index in [2.05, 4.69) is 79.9 Å². The predicted octanol–water partition coefficient (Wildman–Crippen LogP) is 5.44. The molecule has 0 unspecified atom stereocenters. The van der Waals surface area contributed by atoms with Crippen molar-refractivity contribution in [3.8, 4) is 0 Å². The molecule has 0 aromatic rings. The molecule has 0 saturated carbocycles. The maximum atomic E-state index is 5.77. The maximum absolute atomic E-state index is 5.77. The molecule has 6 heteroatoms. The van der Waals surface area contributed by atoms with Crippen LogP contribution in [0, 0.1) is 10.8 Å². The van der Waals surface area contributed by atoms with Gasteiger partial charge in [-0.15, -0.1) is 0 Å². The third-order valence-electron chi connectivity index (χ3n) is 5.57. The Morgan fingerprint density at radius 2 is 0.912 bits per heavy atom. The zero-order valence-corrected chi connectivity index (χ0v) is 24.5. The lowest BCUT2D eigenvalue weighted by Gasteiger charge is -2.33. The smallest absolute Gasteiger partial charge is 0.0701 e. The number of rotatable bonds is 21. The van der Waals surface area contributed by atoms with Crippen LogP contribution in [-0.4, -0.2) is 77.0 Å². The van der Waals surface area contributed by atoms with Crippen molar-refractivity contribution >= 4 is 0 Å². The van der Waals surface area contributed by atoms with Crippen molar-refractivity contribution in [1.82, 2.24) is 10.6 Å². The molecule has 0 spiro atoms. The molecular formula is C28H60N2O4. The zero-order chi connectivity index (χ0) is 26.1. The molecule has 0 fully saturated rings. The number of hydrogen-bond acceptors (Lipinski definition) is 6. The van der Waals surface area contributed by atoms with Crippen molar-refractivity contribution < 1.29 is 18.9 Å². The highest BCUT2D eigenvalue weighted by molar-refractivity contribution is 4.85. The van der Waals surface area contributed by atoms with E-state index in [1.165, 1.54) is 0 Å². The van der Waals surface area contributed by atoms with Gasteiger partial charge in [-0.25, -0.2) is 0 Å². The molecule has 0 radical (unpaired) electrons. The van der Waals surface area contributed by atoms with Crippen molar-refractivity contribution in [2.45, 2.75) is 106 Å². The molecule has 34 heavy (non-hydrogen) atoms. The summed E-state index contributed by atoms with van der Waals surface area (Å²) in [6.07, 6.45) is 4.33. The van der Waals surface area contributed by atoms with Crippen LogP contribution in [0.15, 0.2) is 0 Å². The molecule has 6 nitrogen and oxygen atoms in total. The molecule has 206 valence electrons. The van der Waals surface area contributed by atoms with Gasteiger partial charge in [-0.3, -0.25) is 0 Å². The lowest BCUT2D eigenvalue weighted by molar-refractivity contribution is 0.0102. The van der Waals surface area contributed by atoms with Crippen molar-refractivity contribution in [3.05, 3.63) is 0 Å². The van der Waals surface area contributed by atoms with Crippen molar-refractivity contribution in [1.29, 1.82) is 0 Å². The van der Waals surface area contributed by atoms with E-state index in [1.807, 2.05) is 0 Å². The van der Waals surface area contributed by atoms with Gasteiger partial charge in [0.15, 0.2) is 0 Å². The van der Waals surface area contributed by atoms with Crippen LogP contribution in [0.5, 0.6) is 0 Å². The summed E-state index contributed by atoms with van der Waals surface area (Å²) in [5.74, 6) is 0. The second kappa shape index (κ2) is 17.3. The Balaban J connectivity index is 3.67. The molecule has 0 aromatic carbocycles. The number of hydrogen-bond donors (Lipinski definition) is 2. The topological polar surface area (TPSA) is 61.0 Å². The van der Waals surface area contributed by atoms with Crippen LogP contribution in [0.1, 0.15) is 94.9 Å². The lowest BCUT2D eigenvalue weighted by atomic mass is 9.89. The Morgan fingerprint density at radius 1 is 0.441 bits per heavy atom. The molecule has 0 rings (SSSR count). The summed E-state index contributed by atoms with van der Waals surface area (Å²) in [6.45, 7) is 29.9. The molecule has 0 saturated heterocycles. The predicted molar refractivity (Wildman–Crippen MR) is 145 cm³/mol. The van der Waals surface area contributed by atoms with Crippen LogP contribution >= 0.6 is 0 Å². The third kappa shape index (κ3) is 24.9. The normalized spacial score (nSPS) is 13.6. The lowest BCUT2D eigenvalue weighted by Crippen LogP contribution is -2.46. The van der Waals surface area contributed by atoms with Crippen molar-refractivity contribution in [2.24, 2.45) is 10.8 Å². The minimum atomic E-state index is 0.0824. The SMILES string of the molecule is CC(C)(C)CCOCCOCCOCCNC(C)(C)CCC(C)(C)NCCCOCC(C)(C)C. The summed E-state index contributed by atoms with van der Waals surface area (Å²) in [7, 11) is 0. The summed E-state index contributed by atoms with van der Waals surface area (Å²) < 4.78 is 22.6. The zero-order valence-electron chi connectivity index (χ0n) is 24.5. The van der Waals surface area contributed by atoms with E-state index < -0.39 is 0 Å². The van der Waals surface area contributed by atoms with Crippen molar-refractivity contribution in [3.63, 3.8) is 0 Å². The first-order chi connectivity index (χ1) is 15.6. The number of nitrogens with one attached hydrogen (secondary N) is 2. The van der Waals surface area contributed by atoms with E-state index >= 15 is 0 Å². The molecule has 0 amide bonds. The average Bonchev–Trinajstić information content (AvgIpc) is 2.68. The first-order valence-electron chi connectivity index (χ1n) is 13.4. The van der Waals surface area contributed by atoms with Gasteiger partial charge in [-0.05, 0) is 70.8 Å². The summed E-state index contributed by atoms with van der Waals surface area (Å²) in [5, 5.41) is 7.33. The molecule has 0 aromatic heterocycles. The van der Waals surface area contributed by atoms with Gasteiger partial charge >= 0.3 is 0 Å². The molecular weight excluding hydrogens is 428 g/mol. The molecule has 0 bridgehead atoms. The Morgan fingerprint density at radius 3 is 1.41 bits per heavy atom. The van der Waals surface area contributed by atoms with Gasteiger partial charge in [0, 0.05) is 30.8 Å². The van der Waals surface area contributed by atoms with E-state index in [0.717, 1.165) is 58.6 Å². The van der Waals surface area contributed by atoms with Gasteiger partial charge in [0.25, 0.3) is 0 Å². The van der Waals surface area contributed by atoms with Crippen LogP contribution < -0.4 is 10.6 Å². The van der Waals surface area contributed by atoms with Crippen LogP contribution in [0.4, 0.5) is 0 Å². The summed E-state index contributed by atoms with van der Waals surface area (Å²) in [6, 6.07) is 0. The first-order valence-corrected chi connectivity index (χ1v) is 13.4. The fourth-order valence-electron chi connectivity index (χ4n) is 3.16. The minimum absolute atomic E-state index is 0.0824. The second-order valence-electron chi connectivity index (χ2n) is 13.2. The Kier molecular flexibility index (Phi) is 17.1. The van der Waals surface area contributed by atoms with Crippen LogP contribution in [0.3, 0.4) is 0 Å². The summed E-state index contributed by atoms with van der Waals surface area (Å²) >= 11 is 0. The fraction of sp³-hybridized carbons (Fsp3) is 1.00. The monoisotopic (exact) mass is 488 g/mol. The Labute approximate surface area is 212 Å². The highest BCUT2D eigenvalue weighted by atomic mass is 16.5. The molecule has 0 atom stereocenters. The van der Waals surface area contributed by atoms with Gasteiger partial charge < -0.3 is 29.6 Å². The van der Waals surface area contributed by atoms with Crippen LogP contribution in [0.2, 0.25) is 0 Å².